The number of benzene rings is 1. The van der Waals surface area contributed by atoms with Crippen LogP contribution in [0.3, 0.4) is 0 Å². The fourth-order valence-corrected chi connectivity index (χ4v) is 4.66. The predicted octanol–water partition coefficient (Wildman–Crippen LogP) is 1.23. The largest absolute Gasteiger partial charge is 0.375 e. The summed E-state index contributed by atoms with van der Waals surface area (Å²) >= 11 is 1.48. The molecule has 6 nitrogen and oxygen atoms in total. The van der Waals surface area contributed by atoms with E-state index in [4.69, 9.17) is 5.73 Å². The average Bonchev–Trinajstić information content (AvgIpc) is 2.94. The van der Waals surface area contributed by atoms with E-state index in [0.717, 1.165) is 11.4 Å². The quantitative estimate of drug-likeness (QED) is 0.907. The second kappa shape index (κ2) is 6.33. The van der Waals surface area contributed by atoms with E-state index in [1.807, 2.05) is 6.07 Å². The number of sulfonamides is 1. The van der Waals surface area contributed by atoms with Crippen molar-refractivity contribution >= 4 is 26.5 Å². The van der Waals surface area contributed by atoms with Crippen molar-refractivity contribution in [3.63, 3.8) is 0 Å². The van der Waals surface area contributed by atoms with Gasteiger partial charge in [-0.2, -0.15) is 4.31 Å². The molecule has 0 atom stereocenters. The zero-order valence-corrected chi connectivity index (χ0v) is 13.7. The molecule has 3 rings (SSSR count). The minimum atomic E-state index is -3.38. The van der Waals surface area contributed by atoms with Crippen LogP contribution in [0, 0.1) is 0 Å². The molecular weight excluding hydrogens is 320 g/mol. The fraction of sp³-hybridized carbons (Fsp3) is 0.357. The van der Waals surface area contributed by atoms with Gasteiger partial charge in [0.1, 0.15) is 0 Å². The molecule has 0 amide bonds. The van der Waals surface area contributed by atoms with Crippen molar-refractivity contribution in [2.24, 2.45) is 0 Å². The highest BCUT2D eigenvalue weighted by atomic mass is 32.2. The number of hydrogen-bond donors (Lipinski definition) is 1. The Morgan fingerprint density at radius 2 is 1.82 bits per heavy atom. The summed E-state index contributed by atoms with van der Waals surface area (Å²) in [5, 5.41) is 0.570. The molecule has 2 N–H and O–H groups in total. The standard InChI is InChI=1S/C14H18N4O2S2/c15-14-16-10-12(21-14)11-17-6-8-18(9-7-17)22(19,20)13-4-2-1-3-5-13/h1-5,10H,6-9,11H2,(H2,15,16). The maximum atomic E-state index is 12.5. The van der Waals surface area contributed by atoms with Crippen LogP contribution in [0.1, 0.15) is 4.88 Å². The van der Waals surface area contributed by atoms with Crippen LogP contribution >= 0.6 is 11.3 Å². The van der Waals surface area contributed by atoms with E-state index in [-0.39, 0.29) is 0 Å². The lowest BCUT2D eigenvalue weighted by molar-refractivity contribution is 0.183. The van der Waals surface area contributed by atoms with Crippen LogP contribution in [-0.4, -0.2) is 48.8 Å². The third-order valence-corrected chi connectivity index (χ3v) is 6.39. The lowest BCUT2D eigenvalue weighted by Gasteiger charge is -2.33. The fourth-order valence-electron chi connectivity index (χ4n) is 2.49. The molecule has 2 aromatic rings. The van der Waals surface area contributed by atoms with Crippen LogP contribution in [0.4, 0.5) is 5.13 Å². The molecule has 1 fully saturated rings. The Kier molecular flexibility index (Phi) is 4.44. The third kappa shape index (κ3) is 3.30. The van der Waals surface area contributed by atoms with E-state index in [9.17, 15) is 8.42 Å². The van der Waals surface area contributed by atoms with Crippen molar-refractivity contribution in [3.8, 4) is 0 Å². The van der Waals surface area contributed by atoms with Gasteiger partial charge in [0.2, 0.25) is 10.0 Å². The van der Waals surface area contributed by atoms with Crippen LogP contribution in [0.5, 0.6) is 0 Å². The van der Waals surface area contributed by atoms with Crippen LogP contribution in [-0.2, 0) is 16.6 Å². The normalized spacial score (nSPS) is 17.6. The summed E-state index contributed by atoms with van der Waals surface area (Å²) in [5.41, 5.74) is 5.63. The first kappa shape index (κ1) is 15.4. The van der Waals surface area contributed by atoms with Gasteiger partial charge in [0.15, 0.2) is 5.13 Å². The Morgan fingerprint density at radius 3 is 2.41 bits per heavy atom. The number of hydrogen-bond acceptors (Lipinski definition) is 6. The first-order valence-electron chi connectivity index (χ1n) is 7.03. The summed E-state index contributed by atoms with van der Waals surface area (Å²) in [6.07, 6.45) is 1.78. The molecule has 1 aliphatic heterocycles. The van der Waals surface area contributed by atoms with Gasteiger partial charge in [-0.25, -0.2) is 13.4 Å². The Bertz CT molecular complexity index is 722. The minimum absolute atomic E-state index is 0.360. The second-order valence-electron chi connectivity index (χ2n) is 5.16. The zero-order chi connectivity index (χ0) is 15.6. The molecule has 1 aliphatic rings. The average molecular weight is 338 g/mol. The number of piperazine rings is 1. The molecule has 0 saturated carbocycles. The van der Waals surface area contributed by atoms with Crippen molar-refractivity contribution in [1.82, 2.24) is 14.2 Å². The molecule has 8 heteroatoms. The molecule has 0 radical (unpaired) electrons. The predicted molar refractivity (Wildman–Crippen MR) is 87.0 cm³/mol. The highest BCUT2D eigenvalue weighted by Crippen LogP contribution is 2.20. The number of anilines is 1. The first-order chi connectivity index (χ1) is 10.6. The molecule has 0 spiro atoms. The van der Waals surface area contributed by atoms with Gasteiger partial charge in [-0.1, -0.05) is 18.2 Å². The van der Waals surface area contributed by atoms with Gasteiger partial charge < -0.3 is 5.73 Å². The van der Waals surface area contributed by atoms with Gasteiger partial charge in [0, 0.05) is 43.8 Å². The molecule has 1 aromatic heterocycles. The summed E-state index contributed by atoms with van der Waals surface area (Å²) in [7, 11) is -3.38. The van der Waals surface area contributed by atoms with Crippen molar-refractivity contribution in [2.45, 2.75) is 11.4 Å². The van der Waals surface area contributed by atoms with Gasteiger partial charge in [-0.15, -0.1) is 11.3 Å². The summed E-state index contributed by atoms with van der Waals surface area (Å²) in [6, 6.07) is 8.59. The third-order valence-electron chi connectivity index (χ3n) is 3.66. The number of nitrogens with two attached hydrogens (primary N) is 1. The lowest BCUT2D eigenvalue weighted by Crippen LogP contribution is -2.48. The van der Waals surface area contributed by atoms with Crippen molar-refractivity contribution < 1.29 is 8.42 Å². The number of aromatic nitrogens is 1. The maximum Gasteiger partial charge on any atom is 0.243 e. The molecule has 2 heterocycles. The molecular formula is C14H18N4O2S2. The highest BCUT2D eigenvalue weighted by Gasteiger charge is 2.28. The van der Waals surface area contributed by atoms with Crippen LogP contribution in [0.2, 0.25) is 0 Å². The smallest absolute Gasteiger partial charge is 0.243 e. The Hall–Kier alpha value is -1.48. The molecule has 0 bridgehead atoms. The maximum absolute atomic E-state index is 12.5. The highest BCUT2D eigenvalue weighted by molar-refractivity contribution is 7.89. The molecule has 118 valence electrons. The number of nitrogen functional groups attached to an aromatic ring is 1. The van der Waals surface area contributed by atoms with E-state index in [1.54, 1.807) is 34.8 Å². The second-order valence-corrected chi connectivity index (χ2v) is 8.24. The SMILES string of the molecule is Nc1ncc(CN2CCN(S(=O)(=O)c3ccccc3)CC2)s1. The zero-order valence-electron chi connectivity index (χ0n) is 12.1. The van der Waals surface area contributed by atoms with Crippen molar-refractivity contribution in [2.75, 3.05) is 31.9 Å². The first-order valence-corrected chi connectivity index (χ1v) is 9.29. The summed E-state index contributed by atoms with van der Waals surface area (Å²) < 4.78 is 26.6. The molecule has 0 aliphatic carbocycles. The minimum Gasteiger partial charge on any atom is -0.375 e. The van der Waals surface area contributed by atoms with Gasteiger partial charge in [0.25, 0.3) is 0 Å². The molecule has 1 saturated heterocycles. The summed E-state index contributed by atoms with van der Waals surface area (Å²) in [4.78, 5) is 7.73. The van der Waals surface area contributed by atoms with Gasteiger partial charge in [-0.3, -0.25) is 4.90 Å². The Balaban J connectivity index is 1.62. The summed E-state index contributed by atoms with van der Waals surface area (Å²) in [5.74, 6) is 0. The van der Waals surface area contributed by atoms with E-state index in [0.29, 0.717) is 36.2 Å². The van der Waals surface area contributed by atoms with E-state index < -0.39 is 10.0 Å². The molecule has 22 heavy (non-hydrogen) atoms. The number of thiazole rings is 1. The number of nitrogens with zero attached hydrogens (tertiary/aromatic N) is 3. The van der Waals surface area contributed by atoms with Crippen LogP contribution < -0.4 is 5.73 Å². The molecule has 0 unspecified atom stereocenters. The lowest BCUT2D eigenvalue weighted by atomic mass is 10.3. The van der Waals surface area contributed by atoms with Gasteiger partial charge in [-0.05, 0) is 12.1 Å². The van der Waals surface area contributed by atoms with E-state index >= 15 is 0 Å². The summed E-state index contributed by atoms with van der Waals surface area (Å²) in [6.45, 7) is 3.21. The van der Waals surface area contributed by atoms with Crippen LogP contribution in [0.15, 0.2) is 41.4 Å². The van der Waals surface area contributed by atoms with Crippen molar-refractivity contribution in [3.05, 3.63) is 41.4 Å². The molecule has 1 aromatic carbocycles. The van der Waals surface area contributed by atoms with E-state index in [1.165, 1.54) is 11.3 Å². The topological polar surface area (TPSA) is 79.5 Å². The number of rotatable bonds is 4. The van der Waals surface area contributed by atoms with Gasteiger partial charge in [0.05, 0.1) is 4.90 Å². The Morgan fingerprint density at radius 1 is 1.14 bits per heavy atom. The van der Waals surface area contributed by atoms with Crippen LogP contribution in [0.25, 0.3) is 0 Å². The Labute approximate surface area is 134 Å². The van der Waals surface area contributed by atoms with Crippen molar-refractivity contribution in [1.29, 1.82) is 0 Å². The monoisotopic (exact) mass is 338 g/mol. The van der Waals surface area contributed by atoms with E-state index in [2.05, 4.69) is 9.88 Å². The van der Waals surface area contributed by atoms with Gasteiger partial charge >= 0.3 is 0 Å².